The molecule has 0 aliphatic heterocycles. The van der Waals surface area contributed by atoms with Gasteiger partial charge < -0.3 is 15.2 Å². The van der Waals surface area contributed by atoms with Crippen LogP contribution in [0.5, 0.6) is 5.75 Å². The van der Waals surface area contributed by atoms with Crippen molar-refractivity contribution < 1.29 is 17.9 Å². The molecule has 0 atom stereocenters. The zero-order valence-corrected chi connectivity index (χ0v) is 13.6. The molecule has 0 bridgehead atoms. The van der Waals surface area contributed by atoms with Crippen molar-refractivity contribution in [3.63, 3.8) is 0 Å². The predicted molar refractivity (Wildman–Crippen MR) is 81.9 cm³/mol. The van der Waals surface area contributed by atoms with E-state index in [-0.39, 0.29) is 11.4 Å². The van der Waals surface area contributed by atoms with Gasteiger partial charge in [0, 0.05) is 13.7 Å². The molecule has 0 radical (unpaired) electrons. The number of benzene rings is 1. The van der Waals surface area contributed by atoms with Crippen LogP contribution in [-0.2, 0) is 14.8 Å². The maximum absolute atomic E-state index is 12.1. The third-order valence-electron chi connectivity index (χ3n) is 2.99. The molecule has 0 aliphatic carbocycles. The summed E-state index contributed by atoms with van der Waals surface area (Å²) in [4.78, 5) is 0.195. The van der Waals surface area contributed by atoms with E-state index in [0.717, 1.165) is 6.42 Å². The van der Waals surface area contributed by atoms with Crippen LogP contribution < -0.4 is 15.2 Å². The molecule has 0 saturated heterocycles. The molecule has 0 unspecified atom stereocenters. The van der Waals surface area contributed by atoms with Gasteiger partial charge in [-0.15, -0.1) is 0 Å². The number of hydrogen-bond donors (Lipinski definition) is 2. The predicted octanol–water partition coefficient (Wildman–Crippen LogP) is 1.12. The van der Waals surface area contributed by atoms with Gasteiger partial charge in [-0.1, -0.05) is 0 Å². The Bertz CT molecular complexity index is 526. The molecule has 1 aromatic carbocycles. The van der Waals surface area contributed by atoms with Gasteiger partial charge in [-0.3, -0.25) is 0 Å². The number of nitrogens with one attached hydrogen (secondary N) is 1. The zero-order valence-electron chi connectivity index (χ0n) is 12.8. The molecule has 1 rings (SSSR count). The first-order valence-corrected chi connectivity index (χ1v) is 8.27. The number of methoxy groups -OCH3 is 1. The van der Waals surface area contributed by atoms with E-state index < -0.39 is 15.6 Å². The van der Waals surface area contributed by atoms with Crippen molar-refractivity contribution in [3.8, 4) is 5.75 Å². The van der Waals surface area contributed by atoms with E-state index in [0.29, 0.717) is 18.9 Å². The lowest BCUT2D eigenvalue weighted by molar-refractivity contribution is 0.0276. The standard InChI is InChI=1S/C14H24N2O4S/c1-14(2,19-3)11-16-21(17,18)13-7-5-12(6-8-13)20-10-4-9-15/h5-8,16H,4,9-11,15H2,1-3H3. The van der Waals surface area contributed by atoms with E-state index in [9.17, 15) is 8.42 Å². The van der Waals surface area contributed by atoms with Crippen LogP contribution in [-0.4, -0.2) is 40.8 Å². The van der Waals surface area contributed by atoms with E-state index in [4.69, 9.17) is 15.2 Å². The molecule has 1 aromatic rings. The highest BCUT2D eigenvalue weighted by atomic mass is 32.2. The fourth-order valence-electron chi connectivity index (χ4n) is 1.41. The Morgan fingerprint density at radius 3 is 2.38 bits per heavy atom. The molecule has 0 saturated carbocycles. The van der Waals surface area contributed by atoms with Gasteiger partial charge in [0.2, 0.25) is 10.0 Å². The normalized spacial score (nSPS) is 12.4. The van der Waals surface area contributed by atoms with E-state index in [1.807, 2.05) is 13.8 Å². The van der Waals surface area contributed by atoms with Crippen molar-refractivity contribution in [2.75, 3.05) is 26.8 Å². The molecule has 0 spiro atoms. The van der Waals surface area contributed by atoms with Gasteiger partial charge in [-0.05, 0) is 51.1 Å². The van der Waals surface area contributed by atoms with Crippen LogP contribution in [0.1, 0.15) is 20.3 Å². The summed E-state index contributed by atoms with van der Waals surface area (Å²) in [7, 11) is -2.01. The molecule has 120 valence electrons. The summed E-state index contributed by atoms with van der Waals surface area (Å²) in [5, 5.41) is 0. The number of ether oxygens (including phenoxy) is 2. The number of rotatable bonds is 9. The van der Waals surface area contributed by atoms with Crippen molar-refractivity contribution >= 4 is 10.0 Å². The quantitative estimate of drug-likeness (QED) is 0.666. The molecule has 7 heteroatoms. The van der Waals surface area contributed by atoms with Crippen LogP contribution in [0.25, 0.3) is 0 Å². The largest absolute Gasteiger partial charge is 0.494 e. The van der Waals surface area contributed by atoms with Crippen LogP contribution in [0.3, 0.4) is 0 Å². The van der Waals surface area contributed by atoms with Gasteiger partial charge in [-0.25, -0.2) is 13.1 Å². The highest BCUT2D eigenvalue weighted by Crippen LogP contribution is 2.16. The van der Waals surface area contributed by atoms with Gasteiger partial charge in [0.15, 0.2) is 0 Å². The second-order valence-electron chi connectivity index (χ2n) is 5.25. The topological polar surface area (TPSA) is 90.6 Å². The average molecular weight is 316 g/mol. The third-order valence-corrected chi connectivity index (χ3v) is 4.41. The minimum atomic E-state index is -3.55. The maximum atomic E-state index is 12.1. The Balaban J connectivity index is 2.67. The fourth-order valence-corrected chi connectivity index (χ4v) is 2.61. The van der Waals surface area contributed by atoms with Crippen molar-refractivity contribution in [1.29, 1.82) is 0 Å². The number of nitrogens with two attached hydrogens (primary N) is 1. The van der Waals surface area contributed by atoms with Gasteiger partial charge in [-0.2, -0.15) is 0 Å². The SMILES string of the molecule is COC(C)(C)CNS(=O)(=O)c1ccc(OCCCN)cc1. The van der Waals surface area contributed by atoms with Gasteiger partial charge in [0.25, 0.3) is 0 Å². The minimum Gasteiger partial charge on any atom is -0.494 e. The lowest BCUT2D eigenvalue weighted by atomic mass is 10.1. The van der Waals surface area contributed by atoms with Crippen LogP contribution >= 0.6 is 0 Å². The van der Waals surface area contributed by atoms with E-state index in [1.54, 1.807) is 19.2 Å². The lowest BCUT2D eigenvalue weighted by Crippen LogP contribution is -2.39. The first kappa shape index (κ1) is 17.9. The summed E-state index contributed by atoms with van der Waals surface area (Å²) in [6, 6.07) is 6.29. The first-order chi connectivity index (χ1) is 9.80. The van der Waals surface area contributed by atoms with Gasteiger partial charge in [0.05, 0.1) is 17.1 Å². The summed E-state index contributed by atoms with van der Waals surface area (Å²) < 4.78 is 37.4. The van der Waals surface area contributed by atoms with Crippen LogP contribution in [0, 0.1) is 0 Å². The third kappa shape index (κ3) is 6.01. The molecular weight excluding hydrogens is 292 g/mol. The second kappa shape index (κ2) is 7.74. The molecule has 0 fully saturated rings. The fraction of sp³-hybridized carbons (Fsp3) is 0.571. The van der Waals surface area contributed by atoms with Crippen LogP contribution in [0.4, 0.5) is 0 Å². The summed E-state index contributed by atoms with van der Waals surface area (Å²) in [6.45, 7) is 4.89. The highest BCUT2D eigenvalue weighted by Gasteiger charge is 2.21. The molecule has 21 heavy (non-hydrogen) atoms. The molecule has 6 nitrogen and oxygen atoms in total. The van der Waals surface area contributed by atoms with Crippen molar-refractivity contribution in [3.05, 3.63) is 24.3 Å². The average Bonchev–Trinajstić information content (AvgIpc) is 2.46. The van der Waals surface area contributed by atoms with E-state index >= 15 is 0 Å². The highest BCUT2D eigenvalue weighted by molar-refractivity contribution is 7.89. The summed E-state index contributed by atoms with van der Waals surface area (Å²) >= 11 is 0. The van der Waals surface area contributed by atoms with Gasteiger partial charge in [0.1, 0.15) is 5.75 Å². The maximum Gasteiger partial charge on any atom is 0.240 e. The number of hydrogen-bond acceptors (Lipinski definition) is 5. The Morgan fingerprint density at radius 1 is 1.24 bits per heavy atom. The Morgan fingerprint density at radius 2 is 1.86 bits per heavy atom. The first-order valence-electron chi connectivity index (χ1n) is 6.78. The minimum absolute atomic E-state index is 0.195. The summed E-state index contributed by atoms with van der Waals surface area (Å²) in [6.07, 6.45) is 0.758. The summed E-state index contributed by atoms with van der Waals surface area (Å²) in [5.41, 5.74) is 4.82. The monoisotopic (exact) mass is 316 g/mol. The number of sulfonamides is 1. The molecule has 0 aliphatic rings. The molecule has 0 heterocycles. The van der Waals surface area contributed by atoms with Crippen molar-refractivity contribution in [2.45, 2.75) is 30.8 Å². The zero-order chi connectivity index (χ0) is 15.9. The second-order valence-corrected chi connectivity index (χ2v) is 7.02. The van der Waals surface area contributed by atoms with Crippen molar-refractivity contribution in [2.24, 2.45) is 5.73 Å². The molecule has 0 amide bonds. The van der Waals surface area contributed by atoms with Crippen LogP contribution in [0.15, 0.2) is 29.2 Å². The Labute approximate surface area is 126 Å². The van der Waals surface area contributed by atoms with Crippen LogP contribution in [0.2, 0.25) is 0 Å². The molecule has 0 aromatic heterocycles. The van der Waals surface area contributed by atoms with E-state index in [2.05, 4.69) is 4.72 Å². The van der Waals surface area contributed by atoms with Gasteiger partial charge >= 0.3 is 0 Å². The molecule has 3 N–H and O–H groups in total. The van der Waals surface area contributed by atoms with Crippen molar-refractivity contribution in [1.82, 2.24) is 4.72 Å². The Hall–Kier alpha value is -1.15. The molecular formula is C14H24N2O4S. The Kier molecular flexibility index (Phi) is 6.60. The smallest absolute Gasteiger partial charge is 0.240 e. The van der Waals surface area contributed by atoms with E-state index in [1.165, 1.54) is 12.1 Å². The lowest BCUT2D eigenvalue weighted by Gasteiger charge is -2.23. The summed E-state index contributed by atoms with van der Waals surface area (Å²) in [5.74, 6) is 0.625.